The second kappa shape index (κ2) is 9.76. The Balaban J connectivity index is 1.51. The second-order valence-corrected chi connectivity index (χ2v) is 10.0. The van der Waals surface area contributed by atoms with Gasteiger partial charge in [0.05, 0.1) is 18.8 Å². The van der Waals surface area contributed by atoms with Crippen molar-refractivity contribution in [3.63, 3.8) is 0 Å². The van der Waals surface area contributed by atoms with Gasteiger partial charge in [-0.2, -0.15) is 0 Å². The molecule has 1 fully saturated rings. The highest BCUT2D eigenvalue weighted by Gasteiger charge is 2.41. The lowest BCUT2D eigenvalue weighted by molar-refractivity contribution is -0.142. The lowest BCUT2D eigenvalue weighted by Crippen LogP contribution is -2.36. The van der Waals surface area contributed by atoms with Crippen LogP contribution in [0.3, 0.4) is 0 Å². The van der Waals surface area contributed by atoms with Gasteiger partial charge in [-0.3, -0.25) is 4.79 Å². The van der Waals surface area contributed by atoms with Crippen molar-refractivity contribution in [2.75, 3.05) is 20.3 Å². The zero-order valence-corrected chi connectivity index (χ0v) is 20.3. The van der Waals surface area contributed by atoms with Crippen molar-refractivity contribution in [1.29, 1.82) is 0 Å². The summed E-state index contributed by atoms with van der Waals surface area (Å²) in [5.41, 5.74) is 3.61. The minimum absolute atomic E-state index is 0.0608. The second-order valence-electron chi connectivity index (χ2n) is 9.04. The third-order valence-electron chi connectivity index (χ3n) is 6.84. The van der Waals surface area contributed by atoms with Gasteiger partial charge in [0.25, 0.3) is 0 Å². The molecule has 6 nitrogen and oxygen atoms in total. The van der Waals surface area contributed by atoms with Crippen LogP contribution in [0.1, 0.15) is 54.9 Å². The standard InChI is InChI=1S/C27H29NO5S/c1-16-24(27(30)33-15-20-8-4-10-32-20)25(17-6-3-7-19(12-17)31-2)26-21(28-16)13-18(14-22(26)29)23-9-5-11-34-23/h3,5-7,9,11-12,18,20,25,28H,4,8,10,13-15H2,1-2H3/t18-,20-,25-/m0/s1. The number of hydrogen-bond donors (Lipinski definition) is 1. The number of dihydropyridines is 1. The van der Waals surface area contributed by atoms with Gasteiger partial charge in [-0.25, -0.2) is 4.79 Å². The molecule has 1 saturated heterocycles. The van der Waals surface area contributed by atoms with Crippen LogP contribution in [0.5, 0.6) is 5.75 Å². The Bertz CT molecular complexity index is 1140. The normalized spacial score (nSPS) is 24.6. The SMILES string of the molecule is COc1cccc([C@H]2C(C(=O)OC[C@@H]3CCCO3)=C(C)NC3=C2C(=O)C[C@@H](c2cccs2)C3)c1. The van der Waals surface area contributed by atoms with E-state index in [1.807, 2.05) is 42.6 Å². The number of methoxy groups -OCH3 is 1. The first-order chi connectivity index (χ1) is 16.5. The number of hydrogen-bond acceptors (Lipinski definition) is 7. The molecular weight excluding hydrogens is 450 g/mol. The van der Waals surface area contributed by atoms with Crippen LogP contribution in [-0.2, 0) is 19.1 Å². The highest BCUT2D eigenvalue weighted by molar-refractivity contribution is 7.10. The highest BCUT2D eigenvalue weighted by Crippen LogP contribution is 2.46. The molecule has 1 aliphatic carbocycles. The quantitative estimate of drug-likeness (QED) is 0.598. The first-order valence-electron chi connectivity index (χ1n) is 11.7. The Morgan fingerprint density at radius 3 is 2.85 bits per heavy atom. The summed E-state index contributed by atoms with van der Waals surface area (Å²) in [6.07, 6.45) is 2.97. The lowest BCUT2D eigenvalue weighted by Gasteiger charge is -2.36. The summed E-state index contributed by atoms with van der Waals surface area (Å²) in [5, 5.41) is 5.45. The summed E-state index contributed by atoms with van der Waals surface area (Å²) >= 11 is 1.68. The molecule has 34 heavy (non-hydrogen) atoms. The van der Waals surface area contributed by atoms with Gasteiger partial charge in [-0.15, -0.1) is 11.3 Å². The first-order valence-corrected chi connectivity index (χ1v) is 12.6. The maximum Gasteiger partial charge on any atom is 0.336 e. The van der Waals surface area contributed by atoms with Gasteiger partial charge in [0.1, 0.15) is 12.4 Å². The van der Waals surface area contributed by atoms with Crippen LogP contribution in [0, 0.1) is 0 Å². The molecule has 0 saturated carbocycles. The molecule has 1 N–H and O–H groups in total. The Labute approximate surface area is 203 Å². The zero-order chi connectivity index (χ0) is 23.7. The van der Waals surface area contributed by atoms with E-state index in [2.05, 4.69) is 11.4 Å². The topological polar surface area (TPSA) is 73.9 Å². The van der Waals surface area contributed by atoms with E-state index in [1.165, 1.54) is 4.88 Å². The fraction of sp³-hybridized carbons (Fsp3) is 0.407. The van der Waals surface area contributed by atoms with Crippen molar-refractivity contribution in [2.45, 2.75) is 50.5 Å². The number of ketones is 1. The van der Waals surface area contributed by atoms with Crippen LogP contribution < -0.4 is 10.1 Å². The summed E-state index contributed by atoms with van der Waals surface area (Å²) in [7, 11) is 1.61. The summed E-state index contributed by atoms with van der Waals surface area (Å²) in [4.78, 5) is 28.2. The smallest absolute Gasteiger partial charge is 0.336 e. The van der Waals surface area contributed by atoms with Crippen molar-refractivity contribution in [2.24, 2.45) is 0 Å². The number of ether oxygens (including phenoxy) is 3. The molecule has 1 aromatic heterocycles. The summed E-state index contributed by atoms with van der Waals surface area (Å²) in [5.74, 6) is -0.0155. The molecule has 0 radical (unpaired) electrons. The van der Waals surface area contributed by atoms with E-state index in [4.69, 9.17) is 14.2 Å². The summed E-state index contributed by atoms with van der Waals surface area (Å²) < 4.78 is 16.8. The van der Waals surface area contributed by atoms with Crippen LogP contribution in [0.15, 0.2) is 64.3 Å². The number of nitrogens with one attached hydrogen (secondary N) is 1. The van der Waals surface area contributed by atoms with E-state index in [0.29, 0.717) is 29.9 Å². The third kappa shape index (κ3) is 4.42. The number of carbonyl (C=O) groups is 2. The van der Waals surface area contributed by atoms with Crippen molar-refractivity contribution in [3.05, 3.63) is 74.8 Å². The molecule has 0 amide bonds. The van der Waals surface area contributed by atoms with E-state index in [-0.39, 0.29) is 24.4 Å². The molecule has 0 unspecified atom stereocenters. The van der Waals surface area contributed by atoms with E-state index in [0.717, 1.165) is 36.2 Å². The van der Waals surface area contributed by atoms with Crippen molar-refractivity contribution < 1.29 is 23.8 Å². The predicted molar refractivity (Wildman–Crippen MR) is 130 cm³/mol. The third-order valence-corrected chi connectivity index (χ3v) is 7.88. The Hall–Kier alpha value is -2.90. The Kier molecular flexibility index (Phi) is 6.57. The lowest BCUT2D eigenvalue weighted by atomic mass is 9.72. The molecule has 2 aromatic rings. The predicted octanol–water partition coefficient (Wildman–Crippen LogP) is 4.84. The average molecular weight is 480 g/mol. The zero-order valence-electron chi connectivity index (χ0n) is 19.5. The molecule has 3 aliphatic rings. The molecule has 3 heterocycles. The minimum atomic E-state index is -0.500. The highest BCUT2D eigenvalue weighted by atomic mass is 32.1. The van der Waals surface area contributed by atoms with Gasteiger partial charge in [0, 0.05) is 46.7 Å². The van der Waals surface area contributed by atoms with Crippen molar-refractivity contribution >= 4 is 23.1 Å². The number of esters is 1. The Morgan fingerprint density at radius 2 is 2.12 bits per heavy atom. The van der Waals surface area contributed by atoms with Crippen LogP contribution in [0.25, 0.3) is 0 Å². The number of allylic oxidation sites excluding steroid dienone is 3. The largest absolute Gasteiger partial charge is 0.497 e. The molecule has 7 heteroatoms. The Morgan fingerprint density at radius 1 is 1.24 bits per heavy atom. The van der Waals surface area contributed by atoms with Crippen molar-refractivity contribution in [1.82, 2.24) is 5.32 Å². The van der Waals surface area contributed by atoms with Crippen LogP contribution in [0.2, 0.25) is 0 Å². The van der Waals surface area contributed by atoms with E-state index in [9.17, 15) is 9.59 Å². The van der Waals surface area contributed by atoms with E-state index >= 15 is 0 Å². The fourth-order valence-corrected chi connectivity index (χ4v) is 6.04. The monoisotopic (exact) mass is 479 g/mol. The molecule has 0 spiro atoms. The van der Waals surface area contributed by atoms with Crippen LogP contribution >= 0.6 is 11.3 Å². The van der Waals surface area contributed by atoms with E-state index < -0.39 is 11.9 Å². The van der Waals surface area contributed by atoms with Gasteiger partial charge in [0.2, 0.25) is 0 Å². The molecule has 2 aliphatic heterocycles. The van der Waals surface area contributed by atoms with Gasteiger partial charge in [0.15, 0.2) is 5.78 Å². The number of benzene rings is 1. The van der Waals surface area contributed by atoms with Gasteiger partial charge < -0.3 is 19.5 Å². The minimum Gasteiger partial charge on any atom is -0.497 e. The summed E-state index contributed by atoms with van der Waals surface area (Å²) in [6, 6.07) is 11.7. The first kappa shape index (κ1) is 22.9. The van der Waals surface area contributed by atoms with Crippen LogP contribution in [-0.4, -0.2) is 38.2 Å². The van der Waals surface area contributed by atoms with Gasteiger partial charge >= 0.3 is 5.97 Å². The number of thiophene rings is 1. The number of Topliss-reactive ketones (excluding diaryl/α,β-unsaturated/α-hetero) is 1. The molecular formula is C27H29NO5S. The maximum atomic E-state index is 13.6. The van der Waals surface area contributed by atoms with Gasteiger partial charge in [-0.05, 0) is 55.3 Å². The van der Waals surface area contributed by atoms with Crippen LogP contribution in [0.4, 0.5) is 0 Å². The number of carbonyl (C=O) groups excluding carboxylic acids is 2. The van der Waals surface area contributed by atoms with Gasteiger partial charge in [-0.1, -0.05) is 18.2 Å². The summed E-state index contributed by atoms with van der Waals surface area (Å²) in [6.45, 7) is 2.81. The molecule has 178 valence electrons. The molecule has 5 rings (SSSR count). The molecule has 3 atom stereocenters. The molecule has 0 bridgehead atoms. The maximum absolute atomic E-state index is 13.6. The van der Waals surface area contributed by atoms with E-state index in [1.54, 1.807) is 18.4 Å². The molecule has 1 aromatic carbocycles. The fourth-order valence-electron chi connectivity index (χ4n) is 5.21. The van der Waals surface area contributed by atoms with Crippen molar-refractivity contribution in [3.8, 4) is 5.75 Å². The average Bonchev–Trinajstić information content (AvgIpc) is 3.56. The number of rotatable bonds is 6.